The minimum atomic E-state index is -3.17. The maximum Gasteiger partial charge on any atom is 0.418 e. The number of aromatic nitrogens is 1. The normalized spacial score (nSPS) is 15.5. The summed E-state index contributed by atoms with van der Waals surface area (Å²) < 4.78 is 35.8. The molecule has 1 fully saturated rings. The van der Waals surface area contributed by atoms with Gasteiger partial charge in [-0.3, -0.25) is 4.57 Å². The van der Waals surface area contributed by atoms with Gasteiger partial charge in [-0.15, -0.1) is 0 Å². The average Bonchev–Trinajstić information content (AvgIpc) is 3.23. The van der Waals surface area contributed by atoms with E-state index in [-0.39, 0.29) is 11.2 Å². The van der Waals surface area contributed by atoms with Crippen molar-refractivity contribution in [1.29, 1.82) is 0 Å². The van der Waals surface area contributed by atoms with E-state index in [1.807, 2.05) is 0 Å². The highest BCUT2D eigenvalue weighted by Crippen LogP contribution is 2.30. The number of hydrogen-bond donors (Lipinski definition) is 0. The number of carbonyl (C=O) groups is 1. The standard InChI is InChI=1S/C17H21NO5S/c1-17(2,3)23-16(19)18-9-12-4-5-14(8-13(12)10-18)22-11-24(20,21)15-6-7-15/h4-5,8-10,15H,6-7,11H2,1-3H3. The molecule has 1 saturated carbocycles. The Morgan fingerprint density at radius 3 is 2.50 bits per heavy atom. The van der Waals surface area contributed by atoms with Gasteiger partial charge in [-0.2, -0.15) is 0 Å². The first-order valence-corrected chi connectivity index (χ1v) is 9.55. The van der Waals surface area contributed by atoms with Crippen molar-refractivity contribution in [3.8, 4) is 5.75 Å². The first kappa shape index (κ1) is 16.8. The quantitative estimate of drug-likeness (QED) is 0.844. The van der Waals surface area contributed by atoms with Crippen molar-refractivity contribution in [2.75, 3.05) is 5.94 Å². The molecule has 0 radical (unpaired) electrons. The van der Waals surface area contributed by atoms with Gasteiger partial charge in [0.25, 0.3) is 0 Å². The molecule has 0 aliphatic heterocycles. The lowest BCUT2D eigenvalue weighted by Gasteiger charge is -2.19. The topological polar surface area (TPSA) is 74.6 Å². The van der Waals surface area contributed by atoms with Crippen LogP contribution in [0.5, 0.6) is 5.75 Å². The number of sulfone groups is 1. The Hall–Kier alpha value is -2.02. The van der Waals surface area contributed by atoms with Gasteiger partial charge in [-0.1, -0.05) is 0 Å². The Morgan fingerprint density at radius 1 is 1.21 bits per heavy atom. The fraction of sp³-hybridized carbons (Fsp3) is 0.471. The van der Waals surface area contributed by atoms with E-state index in [2.05, 4.69) is 0 Å². The first-order valence-electron chi connectivity index (χ1n) is 7.83. The van der Waals surface area contributed by atoms with Crippen LogP contribution in [0.15, 0.2) is 30.6 Å². The third kappa shape index (κ3) is 3.90. The van der Waals surface area contributed by atoms with Crippen molar-refractivity contribution in [3.05, 3.63) is 30.6 Å². The third-order valence-electron chi connectivity index (χ3n) is 3.64. The highest BCUT2D eigenvalue weighted by molar-refractivity contribution is 7.92. The zero-order valence-corrected chi connectivity index (χ0v) is 14.8. The average molecular weight is 351 g/mol. The van der Waals surface area contributed by atoms with E-state index in [0.717, 1.165) is 23.6 Å². The van der Waals surface area contributed by atoms with E-state index >= 15 is 0 Å². The molecule has 6 nitrogen and oxygen atoms in total. The number of ether oxygens (including phenoxy) is 2. The van der Waals surface area contributed by atoms with Gasteiger partial charge in [0, 0.05) is 23.2 Å². The number of carbonyl (C=O) groups excluding carboxylic acids is 1. The Balaban J connectivity index is 1.75. The summed E-state index contributed by atoms with van der Waals surface area (Å²) in [7, 11) is -3.17. The number of benzene rings is 1. The Bertz CT molecular complexity index is 872. The lowest BCUT2D eigenvalue weighted by molar-refractivity contribution is 0.0538. The summed E-state index contributed by atoms with van der Waals surface area (Å²) >= 11 is 0. The molecule has 0 atom stereocenters. The van der Waals surface area contributed by atoms with Gasteiger partial charge >= 0.3 is 6.09 Å². The molecule has 0 N–H and O–H groups in total. The molecule has 1 aromatic carbocycles. The van der Waals surface area contributed by atoms with Gasteiger partial charge in [0.15, 0.2) is 15.8 Å². The Kier molecular flexibility index (Phi) is 4.07. The second kappa shape index (κ2) is 5.81. The van der Waals surface area contributed by atoms with Crippen LogP contribution < -0.4 is 4.74 Å². The summed E-state index contributed by atoms with van der Waals surface area (Å²) in [4.78, 5) is 12.1. The van der Waals surface area contributed by atoms with Gasteiger partial charge in [0.1, 0.15) is 11.4 Å². The molecule has 2 aromatic rings. The molecule has 1 heterocycles. The summed E-state index contributed by atoms with van der Waals surface area (Å²) in [6, 6.07) is 5.21. The number of fused-ring (bicyclic) bond motifs is 1. The largest absolute Gasteiger partial charge is 0.478 e. The smallest absolute Gasteiger partial charge is 0.418 e. The molecular formula is C17H21NO5S. The van der Waals surface area contributed by atoms with Crippen molar-refractivity contribution in [2.45, 2.75) is 44.5 Å². The van der Waals surface area contributed by atoms with E-state index in [9.17, 15) is 13.2 Å². The molecular weight excluding hydrogens is 330 g/mol. The van der Waals surface area contributed by atoms with E-state index < -0.39 is 21.5 Å². The maximum atomic E-state index is 12.1. The van der Waals surface area contributed by atoms with Crippen LogP contribution >= 0.6 is 0 Å². The van der Waals surface area contributed by atoms with Crippen LogP contribution in [-0.4, -0.2) is 35.9 Å². The summed E-state index contributed by atoms with van der Waals surface area (Å²) in [5, 5.41) is 1.38. The molecule has 24 heavy (non-hydrogen) atoms. The number of rotatable bonds is 4. The molecule has 1 aromatic heterocycles. The summed E-state index contributed by atoms with van der Waals surface area (Å²) in [5.74, 6) is 0.157. The molecule has 0 amide bonds. The molecule has 7 heteroatoms. The van der Waals surface area contributed by atoms with Gasteiger partial charge in [0.05, 0.1) is 5.25 Å². The summed E-state index contributed by atoms with van der Waals surface area (Å²) in [6.07, 6.45) is 4.31. The monoisotopic (exact) mass is 351 g/mol. The van der Waals surface area contributed by atoms with Crippen molar-refractivity contribution >= 4 is 26.7 Å². The summed E-state index contributed by atoms with van der Waals surface area (Å²) in [6.45, 7) is 5.42. The minimum absolute atomic E-state index is 0.241. The van der Waals surface area contributed by atoms with E-state index in [0.29, 0.717) is 5.75 Å². The fourth-order valence-corrected chi connectivity index (χ4v) is 3.65. The molecule has 1 aliphatic carbocycles. The van der Waals surface area contributed by atoms with Crippen molar-refractivity contribution in [1.82, 2.24) is 4.57 Å². The van der Waals surface area contributed by atoms with Crippen LogP contribution in [0.2, 0.25) is 0 Å². The minimum Gasteiger partial charge on any atom is -0.478 e. The second-order valence-corrected chi connectivity index (χ2v) is 9.29. The highest BCUT2D eigenvalue weighted by atomic mass is 32.2. The number of hydrogen-bond acceptors (Lipinski definition) is 5. The van der Waals surface area contributed by atoms with Crippen LogP contribution in [0.1, 0.15) is 33.6 Å². The fourth-order valence-electron chi connectivity index (χ4n) is 2.30. The molecule has 0 saturated heterocycles. The Labute approximate surface area is 141 Å². The zero-order chi connectivity index (χ0) is 17.5. The van der Waals surface area contributed by atoms with E-state index in [1.165, 1.54) is 4.57 Å². The van der Waals surface area contributed by atoms with Crippen molar-refractivity contribution in [3.63, 3.8) is 0 Å². The van der Waals surface area contributed by atoms with Crippen LogP contribution in [-0.2, 0) is 14.6 Å². The van der Waals surface area contributed by atoms with Crippen molar-refractivity contribution < 1.29 is 22.7 Å². The van der Waals surface area contributed by atoms with Gasteiger partial charge in [0.2, 0.25) is 0 Å². The molecule has 1 aliphatic rings. The predicted molar refractivity (Wildman–Crippen MR) is 91.0 cm³/mol. The first-order chi connectivity index (χ1) is 11.1. The molecule has 3 rings (SSSR count). The lowest BCUT2D eigenvalue weighted by atomic mass is 10.2. The van der Waals surface area contributed by atoms with Crippen LogP contribution in [0.25, 0.3) is 10.8 Å². The van der Waals surface area contributed by atoms with Gasteiger partial charge < -0.3 is 9.47 Å². The summed E-state index contributed by atoms with van der Waals surface area (Å²) in [5.41, 5.74) is -0.570. The SMILES string of the molecule is CC(C)(C)OC(=O)n1cc2ccc(OCS(=O)(=O)C3CC3)cc2c1. The molecule has 0 spiro atoms. The van der Waals surface area contributed by atoms with E-state index in [4.69, 9.17) is 9.47 Å². The lowest BCUT2D eigenvalue weighted by Crippen LogP contribution is -2.26. The van der Waals surface area contributed by atoms with Gasteiger partial charge in [-0.05, 0) is 51.8 Å². The molecule has 0 bridgehead atoms. The van der Waals surface area contributed by atoms with Crippen LogP contribution in [0.3, 0.4) is 0 Å². The maximum absolute atomic E-state index is 12.1. The van der Waals surface area contributed by atoms with Crippen LogP contribution in [0, 0.1) is 0 Å². The molecule has 0 unspecified atom stereocenters. The highest BCUT2D eigenvalue weighted by Gasteiger charge is 2.36. The molecule has 130 valence electrons. The van der Waals surface area contributed by atoms with Crippen molar-refractivity contribution in [2.24, 2.45) is 0 Å². The third-order valence-corrected chi connectivity index (χ3v) is 5.57. The van der Waals surface area contributed by atoms with Gasteiger partial charge in [-0.25, -0.2) is 13.2 Å². The van der Waals surface area contributed by atoms with E-state index in [1.54, 1.807) is 51.4 Å². The second-order valence-electron chi connectivity index (χ2n) is 7.06. The van der Waals surface area contributed by atoms with Crippen LogP contribution in [0.4, 0.5) is 4.79 Å². The number of nitrogens with zero attached hydrogens (tertiary/aromatic N) is 1. The predicted octanol–water partition coefficient (Wildman–Crippen LogP) is 3.34. The Morgan fingerprint density at radius 2 is 1.88 bits per heavy atom. The zero-order valence-electron chi connectivity index (χ0n) is 14.0.